The van der Waals surface area contributed by atoms with E-state index in [0.29, 0.717) is 31.7 Å². The van der Waals surface area contributed by atoms with Crippen molar-refractivity contribution in [3.8, 4) is 0 Å². The van der Waals surface area contributed by atoms with E-state index in [2.05, 4.69) is 6.92 Å². The molecule has 1 aliphatic heterocycles. The number of rotatable bonds is 3. The van der Waals surface area contributed by atoms with E-state index >= 15 is 0 Å². The third-order valence-corrected chi connectivity index (χ3v) is 5.18. The van der Waals surface area contributed by atoms with Gasteiger partial charge in [-0.25, -0.2) is 0 Å². The van der Waals surface area contributed by atoms with Gasteiger partial charge >= 0.3 is 0 Å². The second-order valence-corrected chi connectivity index (χ2v) is 6.34. The number of amides is 1. The SMILES string of the molecule is CC1CCCCC1N(C)C(=O)C1(CN)CCOCC1. The van der Waals surface area contributed by atoms with Crippen LogP contribution in [0.4, 0.5) is 0 Å². The first-order valence-corrected chi connectivity index (χ1v) is 7.66. The molecule has 2 aliphatic rings. The summed E-state index contributed by atoms with van der Waals surface area (Å²) in [6.07, 6.45) is 6.46. The van der Waals surface area contributed by atoms with E-state index in [1.165, 1.54) is 19.3 Å². The van der Waals surface area contributed by atoms with Gasteiger partial charge < -0.3 is 15.4 Å². The molecule has 2 fully saturated rings. The van der Waals surface area contributed by atoms with E-state index < -0.39 is 0 Å². The molecule has 1 heterocycles. The summed E-state index contributed by atoms with van der Waals surface area (Å²) in [7, 11) is 1.97. The van der Waals surface area contributed by atoms with Crippen molar-refractivity contribution in [2.75, 3.05) is 26.8 Å². The number of ether oxygens (including phenoxy) is 1. The molecule has 0 aromatic heterocycles. The van der Waals surface area contributed by atoms with Gasteiger partial charge in [0, 0.05) is 32.8 Å². The average Bonchev–Trinajstić information content (AvgIpc) is 2.47. The van der Waals surface area contributed by atoms with Crippen LogP contribution in [0.25, 0.3) is 0 Å². The summed E-state index contributed by atoms with van der Waals surface area (Å²) in [6, 6.07) is 0.396. The molecule has 0 aromatic carbocycles. The van der Waals surface area contributed by atoms with Crippen molar-refractivity contribution in [2.45, 2.75) is 51.5 Å². The summed E-state index contributed by atoms with van der Waals surface area (Å²) < 4.78 is 5.40. The highest BCUT2D eigenvalue weighted by molar-refractivity contribution is 5.83. The third-order valence-electron chi connectivity index (χ3n) is 5.18. The molecule has 4 nitrogen and oxygen atoms in total. The molecule has 0 aromatic rings. The van der Waals surface area contributed by atoms with Crippen LogP contribution in [0.1, 0.15) is 45.4 Å². The molecule has 2 atom stereocenters. The Labute approximate surface area is 116 Å². The van der Waals surface area contributed by atoms with Gasteiger partial charge in [-0.3, -0.25) is 4.79 Å². The number of nitrogens with zero attached hydrogens (tertiary/aromatic N) is 1. The van der Waals surface area contributed by atoms with E-state index in [0.717, 1.165) is 19.3 Å². The zero-order valence-electron chi connectivity index (χ0n) is 12.4. The number of carbonyl (C=O) groups excluding carboxylic acids is 1. The van der Waals surface area contributed by atoms with Crippen LogP contribution in [0.3, 0.4) is 0 Å². The van der Waals surface area contributed by atoms with Gasteiger partial charge in [0.05, 0.1) is 5.41 Å². The first-order valence-electron chi connectivity index (χ1n) is 7.66. The van der Waals surface area contributed by atoms with Crippen molar-refractivity contribution >= 4 is 5.91 Å². The van der Waals surface area contributed by atoms with Crippen molar-refractivity contribution in [1.29, 1.82) is 0 Å². The summed E-state index contributed by atoms with van der Waals surface area (Å²) in [6.45, 7) is 4.04. The standard InChI is InChI=1S/C15H28N2O2/c1-12-5-3-4-6-13(12)17(2)14(18)15(11-16)7-9-19-10-8-15/h12-13H,3-11,16H2,1-2H3. The fraction of sp³-hybridized carbons (Fsp3) is 0.933. The fourth-order valence-corrected chi connectivity index (χ4v) is 3.66. The molecular weight excluding hydrogens is 240 g/mol. The molecule has 0 radical (unpaired) electrons. The van der Waals surface area contributed by atoms with Gasteiger partial charge in [0.2, 0.25) is 5.91 Å². The minimum Gasteiger partial charge on any atom is -0.381 e. The van der Waals surface area contributed by atoms with E-state index in [1.807, 2.05) is 11.9 Å². The molecule has 2 rings (SSSR count). The minimum absolute atomic E-state index is 0.247. The van der Waals surface area contributed by atoms with Crippen molar-refractivity contribution in [1.82, 2.24) is 4.90 Å². The summed E-state index contributed by atoms with van der Waals surface area (Å²) in [5.41, 5.74) is 5.57. The van der Waals surface area contributed by atoms with Crippen molar-refractivity contribution in [3.63, 3.8) is 0 Å². The van der Waals surface area contributed by atoms with Gasteiger partial charge in [0.15, 0.2) is 0 Å². The molecule has 110 valence electrons. The second kappa shape index (κ2) is 6.23. The zero-order valence-corrected chi connectivity index (χ0v) is 12.4. The highest BCUT2D eigenvalue weighted by atomic mass is 16.5. The van der Waals surface area contributed by atoms with E-state index in [-0.39, 0.29) is 11.3 Å². The smallest absolute Gasteiger partial charge is 0.230 e. The summed E-state index contributed by atoms with van der Waals surface area (Å²) in [5, 5.41) is 0. The lowest BCUT2D eigenvalue weighted by Gasteiger charge is -2.43. The zero-order chi connectivity index (χ0) is 13.9. The normalized spacial score (nSPS) is 30.9. The van der Waals surface area contributed by atoms with Crippen LogP contribution < -0.4 is 5.73 Å². The average molecular weight is 268 g/mol. The van der Waals surface area contributed by atoms with Crippen LogP contribution in [0, 0.1) is 11.3 Å². The molecule has 0 spiro atoms. The van der Waals surface area contributed by atoms with Crippen molar-refractivity contribution in [3.05, 3.63) is 0 Å². The summed E-state index contributed by atoms with van der Waals surface area (Å²) >= 11 is 0. The van der Waals surface area contributed by atoms with Crippen LogP contribution in [-0.2, 0) is 9.53 Å². The predicted molar refractivity (Wildman–Crippen MR) is 75.7 cm³/mol. The first kappa shape index (κ1) is 14.8. The Hall–Kier alpha value is -0.610. The lowest BCUT2D eigenvalue weighted by atomic mass is 9.77. The molecule has 1 amide bonds. The Morgan fingerprint density at radius 2 is 1.95 bits per heavy atom. The van der Waals surface area contributed by atoms with Crippen LogP contribution >= 0.6 is 0 Å². The maximum absolute atomic E-state index is 12.9. The predicted octanol–water partition coefficient (Wildman–Crippen LogP) is 1.78. The first-order chi connectivity index (χ1) is 9.10. The maximum Gasteiger partial charge on any atom is 0.230 e. The van der Waals surface area contributed by atoms with Crippen molar-refractivity contribution < 1.29 is 9.53 Å². The second-order valence-electron chi connectivity index (χ2n) is 6.34. The number of carbonyl (C=O) groups is 1. The molecule has 2 N–H and O–H groups in total. The Kier molecular flexibility index (Phi) is 4.85. The van der Waals surface area contributed by atoms with Crippen molar-refractivity contribution in [2.24, 2.45) is 17.1 Å². The molecule has 2 unspecified atom stereocenters. The molecule has 19 heavy (non-hydrogen) atoms. The monoisotopic (exact) mass is 268 g/mol. The van der Waals surface area contributed by atoms with Crippen LogP contribution in [0.15, 0.2) is 0 Å². The molecule has 1 saturated carbocycles. The molecule has 0 bridgehead atoms. The Bertz CT molecular complexity index is 313. The summed E-state index contributed by atoms with van der Waals surface area (Å²) in [5.74, 6) is 0.856. The van der Waals surface area contributed by atoms with Gasteiger partial charge in [-0.05, 0) is 31.6 Å². The van der Waals surface area contributed by atoms with Gasteiger partial charge in [0.1, 0.15) is 0 Å². The van der Waals surface area contributed by atoms with Crippen LogP contribution in [-0.4, -0.2) is 43.7 Å². The van der Waals surface area contributed by atoms with Gasteiger partial charge in [0.25, 0.3) is 0 Å². The largest absolute Gasteiger partial charge is 0.381 e. The Balaban J connectivity index is 2.08. The Morgan fingerprint density at radius 3 is 2.53 bits per heavy atom. The molecule has 1 aliphatic carbocycles. The minimum atomic E-state index is -0.371. The molecule has 1 saturated heterocycles. The van der Waals surface area contributed by atoms with Gasteiger partial charge in [-0.15, -0.1) is 0 Å². The Morgan fingerprint density at radius 1 is 1.32 bits per heavy atom. The van der Waals surface area contributed by atoms with Crippen LogP contribution in [0.5, 0.6) is 0 Å². The topological polar surface area (TPSA) is 55.6 Å². The number of hydrogen-bond donors (Lipinski definition) is 1. The molecule has 4 heteroatoms. The highest BCUT2D eigenvalue weighted by Gasteiger charge is 2.42. The highest BCUT2D eigenvalue weighted by Crippen LogP contribution is 2.35. The van der Waals surface area contributed by atoms with E-state index in [1.54, 1.807) is 0 Å². The van der Waals surface area contributed by atoms with Crippen LogP contribution in [0.2, 0.25) is 0 Å². The third kappa shape index (κ3) is 2.95. The molecular formula is C15H28N2O2. The van der Waals surface area contributed by atoms with Gasteiger partial charge in [-0.1, -0.05) is 19.8 Å². The van der Waals surface area contributed by atoms with E-state index in [4.69, 9.17) is 10.5 Å². The summed E-state index contributed by atoms with van der Waals surface area (Å²) in [4.78, 5) is 14.9. The van der Waals surface area contributed by atoms with Gasteiger partial charge in [-0.2, -0.15) is 0 Å². The number of hydrogen-bond acceptors (Lipinski definition) is 3. The maximum atomic E-state index is 12.9. The fourth-order valence-electron chi connectivity index (χ4n) is 3.66. The number of nitrogens with two attached hydrogens (primary N) is 1. The van der Waals surface area contributed by atoms with E-state index in [9.17, 15) is 4.79 Å². The quantitative estimate of drug-likeness (QED) is 0.849. The lowest BCUT2D eigenvalue weighted by Crippen LogP contribution is -2.54. The lowest BCUT2D eigenvalue weighted by molar-refractivity contribution is -0.149.